The van der Waals surface area contributed by atoms with Crippen molar-refractivity contribution >= 4 is 6.09 Å². The zero-order valence-corrected chi connectivity index (χ0v) is 10.8. The smallest absolute Gasteiger partial charge is 0.409 e. The number of likely N-dealkylation sites (tertiary alicyclic amines) is 1. The number of aliphatic hydroxyl groups is 1. The third kappa shape index (κ3) is 5.37. The average molecular weight is 244 g/mol. The number of hydrogen-bond donors (Lipinski definition) is 2. The zero-order chi connectivity index (χ0) is 12.7. The van der Waals surface area contributed by atoms with Gasteiger partial charge in [-0.2, -0.15) is 0 Å². The SMILES string of the molecule is CC(C)COC(=O)N1CCC(NCCO)CC1. The molecule has 0 spiro atoms. The van der Waals surface area contributed by atoms with Gasteiger partial charge in [0.1, 0.15) is 0 Å². The van der Waals surface area contributed by atoms with E-state index in [9.17, 15) is 4.79 Å². The molecular formula is C12H24N2O3. The normalized spacial score (nSPS) is 17.5. The first kappa shape index (κ1) is 14.3. The minimum absolute atomic E-state index is 0.163. The van der Waals surface area contributed by atoms with Crippen LogP contribution in [0.4, 0.5) is 4.79 Å². The molecule has 0 radical (unpaired) electrons. The van der Waals surface area contributed by atoms with Crippen molar-refractivity contribution in [3.63, 3.8) is 0 Å². The maximum Gasteiger partial charge on any atom is 0.409 e. The number of hydrogen-bond acceptors (Lipinski definition) is 4. The third-order valence-corrected chi connectivity index (χ3v) is 2.84. The average Bonchev–Trinajstić information content (AvgIpc) is 2.34. The van der Waals surface area contributed by atoms with Gasteiger partial charge >= 0.3 is 6.09 Å². The van der Waals surface area contributed by atoms with Gasteiger partial charge in [-0.15, -0.1) is 0 Å². The Kier molecular flexibility index (Phi) is 6.29. The van der Waals surface area contributed by atoms with Crippen LogP contribution in [0.2, 0.25) is 0 Å². The van der Waals surface area contributed by atoms with Crippen molar-refractivity contribution < 1.29 is 14.6 Å². The van der Waals surface area contributed by atoms with Crippen LogP contribution in [0.3, 0.4) is 0 Å². The zero-order valence-electron chi connectivity index (χ0n) is 10.8. The fraction of sp³-hybridized carbons (Fsp3) is 0.917. The summed E-state index contributed by atoms with van der Waals surface area (Å²) in [6, 6.07) is 0.413. The highest BCUT2D eigenvalue weighted by molar-refractivity contribution is 5.67. The molecular weight excluding hydrogens is 220 g/mol. The lowest BCUT2D eigenvalue weighted by Gasteiger charge is -2.31. The topological polar surface area (TPSA) is 61.8 Å². The van der Waals surface area contributed by atoms with Gasteiger partial charge in [0.05, 0.1) is 13.2 Å². The van der Waals surface area contributed by atoms with Crippen LogP contribution in [0.1, 0.15) is 26.7 Å². The molecule has 0 aromatic carbocycles. The fourth-order valence-corrected chi connectivity index (χ4v) is 1.86. The Morgan fingerprint density at radius 2 is 2.12 bits per heavy atom. The second-order valence-electron chi connectivity index (χ2n) is 4.91. The van der Waals surface area contributed by atoms with E-state index in [4.69, 9.17) is 9.84 Å². The minimum atomic E-state index is -0.195. The lowest BCUT2D eigenvalue weighted by molar-refractivity contribution is 0.0815. The molecule has 1 amide bonds. The summed E-state index contributed by atoms with van der Waals surface area (Å²) in [6.07, 6.45) is 1.66. The number of amides is 1. The van der Waals surface area contributed by atoms with Gasteiger partial charge in [0.2, 0.25) is 0 Å². The number of rotatable bonds is 5. The van der Waals surface area contributed by atoms with Crippen molar-refractivity contribution in [3.05, 3.63) is 0 Å². The van der Waals surface area contributed by atoms with Gasteiger partial charge in [0.25, 0.3) is 0 Å². The van der Waals surface area contributed by atoms with E-state index in [1.54, 1.807) is 4.90 Å². The van der Waals surface area contributed by atoms with E-state index >= 15 is 0 Å². The van der Waals surface area contributed by atoms with Crippen LogP contribution in [-0.4, -0.2) is 55.0 Å². The van der Waals surface area contributed by atoms with E-state index < -0.39 is 0 Å². The predicted octanol–water partition coefficient (Wildman–Crippen LogP) is 0.825. The van der Waals surface area contributed by atoms with E-state index in [0.29, 0.717) is 25.1 Å². The Morgan fingerprint density at radius 3 is 2.65 bits per heavy atom. The summed E-state index contributed by atoms with van der Waals surface area (Å²) >= 11 is 0. The second kappa shape index (κ2) is 7.50. The Balaban J connectivity index is 2.19. The first-order valence-corrected chi connectivity index (χ1v) is 6.39. The molecule has 100 valence electrons. The van der Waals surface area contributed by atoms with Crippen molar-refractivity contribution in [2.24, 2.45) is 5.92 Å². The molecule has 2 N–H and O–H groups in total. The summed E-state index contributed by atoms with van der Waals surface area (Å²) in [5.41, 5.74) is 0. The summed E-state index contributed by atoms with van der Waals surface area (Å²) < 4.78 is 5.19. The molecule has 1 aliphatic rings. The molecule has 5 heteroatoms. The van der Waals surface area contributed by atoms with Gasteiger partial charge in [-0.05, 0) is 18.8 Å². The monoisotopic (exact) mass is 244 g/mol. The van der Waals surface area contributed by atoms with Gasteiger partial charge in [0, 0.05) is 25.7 Å². The second-order valence-corrected chi connectivity index (χ2v) is 4.91. The van der Waals surface area contributed by atoms with Crippen LogP contribution in [0, 0.1) is 5.92 Å². The van der Waals surface area contributed by atoms with Gasteiger partial charge < -0.3 is 20.1 Å². The first-order chi connectivity index (χ1) is 8.13. The number of carbonyl (C=O) groups excluding carboxylic acids is 1. The third-order valence-electron chi connectivity index (χ3n) is 2.84. The van der Waals surface area contributed by atoms with Crippen LogP contribution >= 0.6 is 0 Å². The maximum atomic E-state index is 11.7. The van der Waals surface area contributed by atoms with Crippen molar-refractivity contribution in [3.8, 4) is 0 Å². The summed E-state index contributed by atoms with van der Waals surface area (Å²) in [6.45, 7) is 6.80. The summed E-state index contributed by atoms with van der Waals surface area (Å²) in [5, 5.41) is 12.0. The number of nitrogens with zero attached hydrogens (tertiary/aromatic N) is 1. The molecule has 0 atom stereocenters. The molecule has 0 aromatic rings. The predicted molar refractivity (Wildman–Crippen MR) is 65.9 cm³/mol. The standard InChI is InChI=1S/C12H24N2O3/c1-10(2)9-17-12(16)14-6-3-11(4-7-14)13-5-8-15/h10-11,13,15H,3-9H2,1-2H3. The number of nitrogens with one attached hydrogen (secondary N) is 1. The molecule has 1 fully saturated rings. The molecule has 1 rings (SSSR count). The van der Waals surface area contributed by atoms with Crippen LogP contribution in [0.25, 0.3) is 0 Å². The molecule has 0 saturated carbocycles. The summed E-state index contributed by atoms with van der Waals surface area (Å²) in [7, 11) is 0. The fourth-order valence-electron chi connectivity index (χ4n) is 1.86. The van der Waals surface area contributed by atoms with Crippen molar-refractivity contribution in [1.29, 1.82) is 0 Å². The maximum absolute atomic E-state index is 11.7. The van der Waals surface area contributed by atoms with Crippen molar-refractivity contribution in [2.45, 2.75) is 32.7 Å². The number of aliphatic hydroxyl groups excluding tert-OH is 1. The lowest BCUT2D eigenvalue weighted by atomic mass is 10.1. The first-order valence-electron chi connectivity index (χ1n) is 6.39. The van der Waals surface area contributed by atoms with Crippen LogP contribution in [-0.2, 0) is 4.74 Å². The van der Waals surface area contributed by atoms with E-state index in [2.05, 4.69) is 5.32 Å². The van der Waals surface area contributed by atoms with E-state index in [1.165, 1.54) is 0 Å². The highest BCUT2D eigenvalue weighted by Gasteiger charge is 2.23. The lowest BCUT2D eigenvalue weighted by Crippen LogP contribution is -2.45. The van der Waals surface area contributed by atoms with Gasteiger partial charge in [-0.3, -0.25) is 0 Å². The summed E-state index contributed by atoms with van der Waals surface area (Å²) in [4.78, 5) is 13.4. The molecule has 0 aromatic heterocycles. The van der Waals surface area contributed by atoms with E-state index in [-0.39, 0.29) is 12.7 Å². The quantitative estimate of drug-likeness (QED) is 0.752. The molecule has 5 nitrogen and oxygen atoms in total. The molecule has 1 aliphatic heterocycles. The molecule has 0 unspecified atom stereocenters. The largest absolute Gasteiger partial charge is 0.449 e. The van der Waals surface area contributed by atoms with Gasteiger partial charge in [-0.1, -0.05) is 13.8 Å². The molecule has 1 heterocycles. The highest BCUT2D eigenvalue weighted by atomic mass is 16.6. The van der Waals surface area contributed by atoms with Crippen LogP contribution in [0.15, 0.2) is 0 Å². The number of piperidine rings is 1. The van der Waals surface area contributed by atoms with Crippen LogP contribution in [0.5, 0.6) is 0 Å². The van der Waals surface area contributed by atoms with E-state index in [1.807, 2.05) is 13.8 Å². The Bertz CT molecular complexity index is 226. The molecule has 0 bridgehead atoms. The number of ether oxygens (including phenoxy) is 1. The minimum Gasteiger partial charge on any atom is -0.449 e. The Hall–Kier alpha value is -0.810. The van der Waals surface area contributed by atoms with E-state index in [0.717, 1.165) is 25.9 Å². The number of carbonyl (C=O) groups is 1. The van der Waals surface area contributed by atoms with Crippen molar-refractivity contribution in [2.75, 3.05) is 32.8 Å². The molecule has 1 saturated heterocycles. The Morgan fingerprint density at radius 1 is 1.47 bits per heavy atom. The van der Waals surface area contributed by atoms with Crippen molar-refractivity contribution in [1.82, 2.24) is 10.2 Å². The highest BCUT2D eigenvalue weighted by Crippen LogP contribution is 2.11. The molecule has 17 heavy (non-hydrogen) atoms. The van der Waals surface area contributed by atoms with Gasteiger partial charge in [-0.25, -0.2) is 4.79 Å². The molecule has 0 aliphatic carbocycles. The van der Waals surface area contributed by atoms with Gasteiger partial charge in [0.15, 0.2) is 0 Å². The Labute approximate surface area is 103 Å². The summed E-state index contributed by atoms with van der Waals surface area (Å²) in [5.74, 6) is 0.378. The van der Waals surface area contributed by atoms with Crippen LogP contribution < -0.4 is 5.32 Å².